The third-order valence-electron chi connectivity index (χ3n) is 5.04. The maximum absolute atomic E-state index is 12.2. The molecule has 31 heavy (non-hydrogen) atoms. The number of amides is 1. The van der Waals surface area contributed by atoms with Crippen LogP contribution in [0.15, 0.2) is 51.3 Å². The third-order valence-corrected chi connectivity index (χ3v) is 7.44. The van der Waals surface area contributed by atoms with Gasteiger partial charge in [0, 0.05) is 22.9 Å². The first-order valence-corrected chi connectivity index (χ1v) is 12.0. The molecule has 0 saturated carbocycles. The minimum atomic E-state index is 0.149. The zero-order chi connectivity index (χ0) is 21.2. The van der Waals surface area contributed by atoms with Crippen LogP contribution < -0.4 is 0 Å². The van der Waals surface area contributed by atoms with Gasteiger partial charge in [-0.05, 0) is 48.4 Å². The van der Waals surface area contributed by atoms with E-state index < -0.39 is 0 Å². The van der Waals surface area contributed by atoms with Gasteiger partial charge in [-0.3, -0.25) is 4.79 Å². The number of benzene rings is 1. The van der Waals surface area contributed by atoms with E-state index in [0.29, 0.717) is 29.1 Å². The summed E-state index contributed by atoms with van der Waals surface area (Å²) in [6, 6.07) is 9.76. The van der Waals surface area contributed by atoms with Crippen molar-refractivity contribution >= 4 is 50.8 Å². The molecule has 0 N–H and O–H groups in total. The van der Waals surface area contributed by atoms with E-state index in [9.17, 15) is 4.79 Å². The summed E-state index contributed by atoms with van der Waals surface area (Å²) in [6.07, 6.45) is 5.16. The molecule has 0 aliphatic carbocycles. The van der Waals surface area contributed by atoms with Crippen molar-refractivity contribution in [3.8, 4) is 10.4 Å². The predicted molar refractivity (Wildman–Crippen MR) is 120 cm³/mol. The average Bonchev–Trinajstić information content (AvgIpc) is 3.35. The van der Waals surface area contributed by atoms with Gasteiger partial charge < -0.3 is 9.32 Å². The summed E-state index contributed by atoms with van der Waals surface area (Å²) >= 11 is 8.92. The fourth-order valence-electron chi connectivity index (χ4n) is 3.46. The molecular weight excluding hydrogens is 454 g/mol. The molecule has 1 fully saturated rings. The fraction of sp³-hybridized carbons (Fsp3) is 0.286. The predicted octanol–water partition coefficient (Wildman–Crippen LogP) is 5.45. The Kier molecular flexibility index (Phi) is 5.89. The second kappa shape index (κ2) is 8.94. The van der Waals surface area contributed by atoms with Crippen molar-refractivity contribution in [3.05, 3.63) is 47.6 Å². The Bertz CT molecular complexity index is 1220. The Morgan fingerprint density at radius 2 is 2.00 bits per heavy atom. The smallest absolute Gasteiger partial charge is 0.283 e. The van der Waals surface area contributed by atoms with Crippen LogP contribution in [0.5, 0.6) is 0 Å². The summed E-state index contributed by atoms with van der Waals surface area (Å²) in [7, 11) is 0. The molecule has 7 nitrogen and oxygen atoms in total. The Hall–Kier alpha value is -2.49. The lowest BCUT2D eigenvalue weighted by molar-refractivity contribution is -0.131. The largest absolute Gasteiger partial charge is 0.414 e. The van der Waals surface area contributed by atoms with Gasteiger partial charge in [-0.25, -0.2) is 9.97 Å². The zero-order valence-corrected chi connectivity index (χ0v) is 18.8. The lowest BCUT2D eigenvalue weighted by atomic mass is 10.2. The van der Waals surface area contributed by atoms with Crippen molar-refractivity contribution in [2.75, 3.05) is 6.54 Å². The zero-order valence-electron chi connectivity index (χ0n) is 16.5. The minimum Gasteiger partial charge on any atom is -0.414 e. The lowest BCUT2D eigenvalue weighted by Gasteiger charge is -2.17. The molecule has 1 aromatic carbocycles. The first-order chi connectivity index (χ1) is 15.2. The molecule has 158 valence electrons. The molecule has 0 radical (unpaired) electrons. The van der Waals surface area contributed by atoms with Crippen LogP contribution in [0.3, 0.4) is 0 Å². The van der Waals surface area contributed by atoms with Crippen molar-refractivity contribution in [3.63, 3.8) is 0 Å². The van der Waals surface area contributed by atoms with Crippen LogP contribution >= 0.6 is 34.7 Å². The van der Waals surface area contributed by atoms with Crippen molar-refractivity contribution < 1.29 is 9.21 Å². The van der Waals surface area contributed by atoms with Gasteiger partial charge in [-0.1, -0.05) is 30.2 Å². The number of hydrogen-bond donors (Lipinski definition) is 0. The fourth-order valence-corrected chi connectivity index (χ4v) is 5.52. The van der Waals surface area contributed by atoms with Gasteiger partial charge in [0.2, 0.25) is 11.8 Å². The van der Waals surface area contributed by atoms with Crippen molar-refractivity contribution in [1.29, 1.82) is 0 Å². The van der Waals surface area contributed by atoms with E-state index in [1.165, 1.54) is 18.1 Å². The van der Waals surface area contributed by atoms with Gasteiger partial charge in [-0.15, -0.1) is 21.5 Å². The summed E-state index contributed by atoms with van der Waals surface area (Å²) in [5.41, 5.74) is 1.94. The number of carbonyl (C=O) groups excluding carboxylic acids is 1. The molecule has 1 aliphatic rings. The van der Waals surface area contributed by atoms with Crippen LogP contribution in [0.4, 0.5) is 0 Å². The number of carbonyl (C=O) groups is 1. The number of fused-ring (bicyclic) bond motifs is 1. The standard InChI is InChI=1S/C21H18ClN5O2S2/c22-14-7-5-13(6-8-14)16-10-15-19(30-16)20(24-12-23-15)31-21-26-25-17(29-21)11-27-9-3-1-2-4-18(27)28/h5-8,10,12H,1-4,9,11H2. The van der Waals surface area contributed by atoms with E-state index in [4.69, 9.17) is 16.0 Å². The highest BCUT2D eigenvalue weighted by Crippen LogP contribution is 2.39. The van der Waals surface area contributed by atoms with Crippen molar-refractivity contribution in [1.82, 2.24) is 25.1 Å². The highest BCUT2D eigenvalue weighted by molar-refractivity contribution is 7.99. The number of nitrogens with zero attached hydrogens (tertiary/aromatic N) is 5. The molecule has 1 aliphatic heterocycles. The number of aromatic nitrogens is 4. The second-order valence-corrected chi connectivity index (χ2v) is 9.63. The van der Waals surface area contributed by atoms with E-state index in [-0.39, 0.29) is 5.91 Å². The topological polar surface area (TPSA) is 85.0 Å². The number of thiophene rings is 1. The van der Waals surface area contributed by atoms with Crippen LogP contribution in [-0.2, 0) is 11.3 Å². The Labute approximate surface area is 191 Å². The molecule has 1 amide bonds. The number of likely N-dealkylation sites (tertiary alicyclic amines) is 1. The summed E-state index contributed by atoms with van der Waals surface area (Å²) in [5.74, 6) is 0.590. The lowest BCUT2D eigenvalue weighted by Crippen LogP contribution is -2.29. The van der Waals surface area contributed by atoms with Crippen molar-refractivity contribution in [2.24, 2.45) is 0 Å². The normalized spacial score (nSPS) is 14.9. The Balaban J connectivity index is 1.36. The van der Waals surface area contributed by atoms with E-state index in [1.54, 1.807) is 16.2 Å². The molecule has 0 spiro atoms. The average molecular weight is 472 g/mol. The van der Waals surface area contributed by atoms with E-state index in [1.807, 2.05) is 30.3 Å². The summed E-state index contributed by atoms with van der Waals surface area (Å²) < 4.78 is 6.77. The molecule has 10 heteroatoms. The summed E-state index contributed by atoms with van der Waals surface area (Å²) in [6.45, 7) is 1.09. The van der Waals surface area contributed by atoms with Gasteiger partial charge in [0.25, 0.3) is 5.22 Å². The molecule has 0 atom stereocenters. The maximum atomic E-state index is 12.2. The highest BCUT2D eigenvalue weighted by atomic mass is 35.5. The highest BCUT2D eigenvalue weighted by Gasteiger charge is 2.20. The van der Waals surface area contributed by atoms with Crippen LogP contribution in [0, 0.1) is 0 Å². The van der Waals surface area contributed by atoms with Gasteiger partial charge in [0.05, 0.1) is 16.8 Å². The second-order valence-electron chi connectivity index (χ2n) is 7.20. The molecule has 5 rings (SSSR count). The molecule has 3 aromatic heterocycles. The molecule has 4 aromatic rings. The van der Waals surface area contributed by atoms with Crippen LogP contribution in [0.25, 0.3) is 20.7 Å². The molecular formula is C21H18ClN5O2S2. The van der Waals surface area contributed by atoms with E-state index >= 15 is 0 Å². The number of halogens is 1. The molecule has 0 bridgehead atoms. The Morgan fingerprint density at radius 3 is 2.87 bits per heavy atom. The van der Waals surface area contributed by atoms with Crippen LogP contribution in [0.1, 0.15) is 31.6 Å². The van der Waals surface area contributed by atoms with Gasteiger partial charge in [-0.2, -0.15) is 0 Å². The molecule has 1 saturated heterocycles. The first-order valence-electron chi connectivity index (χ1n) is 9.94. The maximum Gasteiger partial charge on any atom is 0.283 e. The summed E-state index contributed by atoms with van der Waals surface area (Å²) in [5, 5.41) is 10.1. The van der Waals surface area contributed by atoms with E-state index in [2.05, 4.69) is 20.2 Å². The van der Waals surface area contributed by atoms with Crippen molar-refractivity contribution in [2.45, 2.75) is 42.5 Å². The van der Waals surface area contributed by atoms with Gasteiger partial charge >= 0.3 is 0 Å². The number of rotatable bonds is 5. The summed E-state index contributed by atoms with van der Waals surface area (Å²) in [4.78, 5) is 23.9. The quantitative estimate of drug-likeness (QED) is 0.358. The van der Waals surface area contributed by atoms with Crippen LogP contribution in [-0.4, -0.2) is 37.5 Å². The third kappa shape index (κ3) is 4.58. The monoisotopic (exact) mass is 471 g/mol. The van der Waals surface area contributed by atoms with E-state index in [0.717, 1.165) is 51.5 Å². The van der Waals surface area contributed by atoms with Crippen LogP contribution in [0.2, 0.25) is 5.02 Å². The Morgan fingerprint density at radius 1 is 1.13 bits per heavy atom. The molecule has 4 heterocycles. The first kappa shape index (κ1) is 20.4. The van der Waals surface area contributed by atoms with Gasteiger partial charge in [0.15, 0.2) is 0 Å². The van der Waals surface area contributed by atoms with Gasteiger partial charge in [0.1, 0.15) is 11.4 Å². The number of hydrogen-bond acceptors (Lipinski definition) is 8. The SMILES string of the molecule is O=C1CCCCCN1Cc1nnc(Sc2ncnc3cc(-c4ccc(Cl)cc4)sc23)o1. The minimum absolute atomic E-state index is 0.149. The molecule has 0 unspecified atom stereocenters.